The Kier molecular flexibility index (Phi) is 6.06. The van der Waals surface area contributed by atoms with E-state index in [0.29, 0.717) is 5.56 Å². The lowest BCUT2D eigenvalue weighted by molar-refractivity contribution is 0.0939. The fourth-order valence-corrected chi connectivity index (χ4v) is 2.74. The van der Waals surface area contributed by atoms with E-state index in [1.807, 2.05) is 32.0 Å². The number of halogens is 1. The van der Waals surface area contributed by atoms with Crippen LogP contribution in [-0.4, -0.2) is 24.0 Å². The molecule has 0 saturated heterocycles. The highest BCUT2D eigenvalue weighted by Gasteiger charge is 2.12. The van der Waals surface area contributed by atoms with Gasteiger partial charge in [0.25, 0.3) is 5.91 Å². The highest BCUT2D eigenvalue weighted by Crippen LogP contribution is 2.18. The summed E-state index contributed by atoms with van der Waals surface area (Å²) in [4.78, 5) is 12.0. The number of benzene rings is 1. The van der Waals surface area contributed by atoms with Crippen LogP contribution in [0.4, 0.5) is 0 Å². The van der Waals surface area contributed by atoms with Crippen LogP contribution >= 0.6 is 27.7 Å². The van der Waals surface area contributed by atoms with Gasteiger partial charge < -0.3 is 5.32 Å². The molecule has 0 aliphatic heterocycles. The summed E-state index contributed by atoms with van der Waals surface area (Å²) in [6, 6.07) is 5.98. The van der Waals surface area contributed by atoms with E-state index in [4.69, 9.17) is 0 Å². The molecule has 0 fully saturated rings. The molecule has 1 N–H and O–H groups in total. The first-order chi connectivity index (χ1) is 8.04. The van der Waals surface area contributed by atoms with E-state index in [1.165, 1.54) is 0 Å². The minimum Gasteiger partial charge on any atom is -0.350 e. The second kappa shape index (κ2) is 7.07. The van der Waals surface area contributed by atoms with E-state index in [1.54, 1.807) is 11.8 Å². The molecule has 0 heterocycles. The minimum atomic E-state index is -0.00882. The molecule has 4 heteroatoms. The Hall–Kier alpha value is -0.480. The monoisotopic (exact) mass is 315 g/mol. The molecular formula is C13H18BrNOS. The number of hydrogen-bond acceptors (Lipinski definition) is 2. The van der Waals surface area contributed by atoms with Crippen LogP contribution in [0.3, 0.4) is 0 Å². The maximum atomic E-state index is 12.0. The van der Waals surface area contributed by atoms with Gasteiger partial charge in [0.15, 0.2) is 0 Å². The molecule has 1 rings (SSSR count). The van der Waals surface area contributed by atoms with Crippen molar-refractivity contribution in [3.8, 4) is 0 Å². The highest BCUT2D eigenvalue weighted by molar-refractivity contribution is 9.10. The molecule has 1 aromatic carbocycles. The van der Waals surface area contributed by atoms with Crippen LogP contribution in [0.5, 0.6) is 0 Å². The molecule has 17 heavy (non-hydrogen) atoms. The molecule has 2 nitrogen and oxygen atoms in total. The standard InChI is InChI=1S/C13H18BrNOS/c1-9-4-5-11(12(14)8-9)13(16)15-10(2)6-7-17-3/h4-5,8,10H,6-7H2,1-3H3,(H,15,16). The normalized spacial score (nSPS) is 12.2. The fraction of sp³-hybridized carbons (Fsp3) is 0.462. The van der Waals surface area contributed by atoms with Gasteiger partial charge in [-0.25, -0.2) is 0 Å². The van der Waals surface area contributed by atoms with Crippen LogP contribution in [0.1, 0.15) is 29.3 Å². The molecular weight excluding hydrogens is 298 g/mol. The number of hydrogen-bond donors (Lipinski definition) is 1. The second-order valence-corrected chi connectivity index (χ2v) is 5.98. The Morgan fingerprint density at radius 2 is 2.24 bits per heavy atom. The highest BCUT2D eigenvalue weighted by atomic mass is 79.9. The van der Waals surface area contributed by atoms with Crippen molar-refractivity contribution in [3.05, 3.63) is 33.8 Å². The van der Waals surface area contributed by atoms with Gasteiger partial charge in [0, 0.05) is 10.5 Å². The van der Waals surface area contributed by atoms with Crippen LogP contribution in [0.2, 0.25) is 0 Å². The van der Waals surface area contributed by atoms with Crippen molar-refractivity contribution < 1.29 is 4.79 Å². The first-order valence-electron chi connectivity index (χ1n) is 5.60. The Morgan fingerprint density at radius 3 is 2.82 bits per heavy atom. The molecule has 1 unspecified atom stereocenters. The fourth-order valence-electron chi connectivity index (χ4n) is 1.47. The number of amides is 1. The topological polar surface area (TPSA) is 29.1 Å². The van der Waals surface area contributed by atoms with Gasteiger partial charge >= 0.3 is 0 Å². The summed E-state index contributed by atoms with van der Waals surface area (Å²) in [5.41, 5.74) is 1.84. The Balaban J connectivity index is 2.63. The van der Waals surface area contributed by atoms with Crippen molar-refractivity contribution in [3.63, 3.8) is 0 Å². The number of aryl methyl sites for hydroxylation is 1. The summed E-state index contributed by atoms with van der Waals surface area (Å²) in [5.74, 6) is 1.06. The van der Waals surface area contributed by atoms with Crippen molar-refractivity contribution in [2.45, 2.75) is 26.3 Å². The van der Waals surface area contributed by atoms with E-state index < -0.39 is 0 Å². The maximum Gasteiger partial charge on any atom is 0.252 e. The summed E-state index contributed by atoms with van der Waals surface area (Å²) in [6.45, 7) is 4.05. The first-order valence-corrected chi connectivity index (χ1v) is 7.79. The third-order valence-corrected chi connectivity index (χ3v) is 3.80. The average Bonchev–Trinajstić information content (AvgIpc) is 2.26. The smallest absolute Gasteiger partial charge is 0.252 e. The summed E-state index contributed by atoms with van der Waals surface area (Å²) >= 11 is 5.22. The van der Waals surface area contributed by atoms with Crippen molar-refractivity contribution in [2.24, 2.45) is 0 Å². The predicted octanol–water partition coefficient (Wildman–Crippen LogP) is 3.63. The van der Waals surface area contributed by atoms with E-state index >= 15 is 0 Å². The maximum absolute atomic E-state index is 12.0. The second-order valence-electron chi connectivity index (χ2n) is 4.14. The van der Waals surface area contributed by atoms with Crippen molar-refractivity contribution >= 4 is 33.6 Å². The van der Waals surface area contributed by atoms with Crippen molar-refractivity contribution in [2.75, 3.05) is 12.0 Å². The van der Waals surface area contributed by atoms with Crippen LogP contribution in [0.15, 0.2) is 22.7 Å². The largest absolute Gasteiger partial charge is 0.350 e. The van der Waals surface area contributed by atoms with Crippen molar-refractivity contribution in [1.29, 1.82) is 0 Å². The van der Waals surface area contributed by atoms with Gasteiger partial charge in [-0.05, 0) is 65.9 Å². The number of carbonyl (C=O) groups is 1. The Morgan fingerprint density at radius 1 is 1.53 bits per heavy atom. The lowest BCUT2D eigenvalue weighted by Gasteiger charge is -2.14. The molecule has 0 saturated carbocycles. The first kappa shape index (κ1) is 14.6. The SMILES string of the molecule is CSCCC(C)NC(=O)c1ccc(C)cc1Br. The van der Waals surface area contributed by atoms with E-state index in [-0.39, 0.29) is 11.9 Å². The van der Waals surface area contributed by atoms with Gasteiger partial charge in [0.1, 0.15) is 0 Å². The summed E-state index contributed by atoms with van der Waals surface area (Å²) in [5, 5.41) is 3.01. The number of nitrogens with one attached hydrogen (secondary N) is 1. The van der Waals surface area contributed by atoms with Gasteiger partial charge in [-0.2, -0.15) is 11.8 Å². The van der Waals surface area contributed by atoms with Crippen LogP contribution < -0.4 is 5.32 Å². The van der Waals surface area contributed by atoms with Gasteiger partial charge in [0.2, 0.25) is 0 Å². The number of rotatable bonds is 5. The molecule has 1 aromatic rings. The van der Waals surface area contributed by atoms with Gasteiger partial charge in [-0.1, -0.05) is 6.07 Å². The summed E-state index contributed by atoms with van der Waals surface area (Å²) < 4.78 is 0.854. The predicted molar refractivity (Wildman–Crippen MR) is 78.8 cm³/mol. The molecule has 0 aliphatic rings. The Bertz CT molecular complexity index is 395. The summed E-state index contributed by atoms with van der Waals surface area (Å²) in [7, 11) is 0. The van der Waals surface area contributed by atoms with Crippen LogP contribution in [0, 0.1) is 6.92 Å². The van der Waals surface area contributed by atoms with E-state index in [9.17, 15) is 4.79 Å². The van der Waals surface area contributed by atoms with Gasteiger partial charge in [0.05, 0.1) is 5.56 Å². The molecule has 1 amide bonds. The lowest BCUT2D eigenvalue weighted by atomic mass is 10.1. The zero-order chi connectivity index (χ0) is 12.8. The molecule has 0 spiro atoms. The molecule has 0 aliphatic carbocycles. The van der Waals surface area contributed by atoms with E-state index in [2.05, 4.69) is 27.5 Å². The quantitative estimate of drug-likeness (QED) is 0.899. The lowest BCUT2D eigenvalue weighted by Crippen LogP contribution is -2.33. The molecule has 0 aromatic heterocycles. The molecule has 94 valence electrons. The summed E-state index contributed by atoms with van der Waals surface area (Å²) in [6.07, 6.45) is 3.07. The van der Waals surface area contributed by atoms with Gasteiger partial charge in [-0.15, -0.1) is 0 Å². The van der Waals surface area contributed by atoms with Gasteiger partial charge in [-0.3, -0.25) is 4.79 Å². The van der Waals surface area contributed by atoms with Crippen LogP contribution in [0.25, 0.3) is 0 Å². The molecule has 0 bridgehead atoms. The number of thioether (sulfide) groups is 1. The van der Waals surface area contributed by atoms with Crippen LogP contribution in [-0.2, 0) is 0 Å². The van der Waals surface area contributed by atoms with E-state index in [0.717, 1.165) is 22.2 Å². The third-order valence-electron chi connectivity index (χ3n) is 2.50. The molecule has 1 atom stereocenters. The third kappa shape index (κ3) is 4.72. The average molecular weight is 316 g/mol. The molecule has 0 radical (unpaired) electrons. The van der Waals surface area contributed by atoms with Crippen molar-refractivity contribution in [1.82, 2.24) is 5.32 Å². The minimum absolute atomic E-state index is 0.00882. The zero-order valence-electron chi connectivity index (χ0n) is 10.4. The Labute approximate surface area is 116 Å². The number of carbonyl (C=O) groups excluding carboxylic acids is 1. The zero-order valence-corrected chi connectivity index (χ0v) is 12.8.